The van der Waals surface area contributed by atoms with Gasteiger partial charge in [-0.2, -0.15) is 0 Å². The first kappa shape index (κ1) is 13.8. The summed E-state index contributed by atoms with van der Waals surface area (Å²) in [4.78, 5) is 22.7. The van der Waals surface area contributed by atoms with Gasteiger partial charge in [-0.3, -0.25) is 10.1 Å². The van der Waals surface area contributed by atoms with E-state index in [2.05, 4.69) is 17.2 Å². The summed E-state index contributed by atoms with van der Waals surface area (Å²) in [6, 6.07) is 6.53. The van der Waals surface area contributed by atoms with Crippen molar-refractivity contribution in [2.24, 2.45) is 0 Å². The molecule has 1 aromatic rings. The summed E-state index contributed by atoms with van der Waals surface area (Å²) in [7, 11) is 0. The number of nitrogens with one attached hydrogen (secondary N) is 2. The van der Waals surface area contributed by atoms with Crippen molar-refractivity contribution in [3.05, 3.63) is 42.5 Å². The zero-order chi connectivity index (χ0) is 13.4. The van der Waals surface area contributed by atoms with Crippen molar-refractivity contribution in [2.75, 3.05) is 18.5 Å². The summed E-state index contributed by atoms with van der Waals surface area (Å²) in [5.41, 5.74) is 1.10. The van der Waals surface area contributed by atoms with E-state index in [0.29, 0.717) is 24.4 Å². The van der Waals surface area contributed by atoms with Crippen LogP contribution in [-0.4, -0.2) is 25.2 Å². The minimum atomic E-state index is -0.513. The van der Waals surface area contributed by atoms with E-state index in [4.69, 9.17) is 4.74 Å². The molecule has 0 saturated heterocycles. The molecule has 0 atom stereocenters. The molecule has 0 aliphatic carbocycles. The molecular weight excluding hydrogens is 232 g/mol. The van der Waals surface area contributed by atoms with Crippen molar-refractivity contribution in [2.45, 2.75) is 6.92 Å². The number of carbonyl (C=O) groups excluding carboxylic acids is 2. The lowest BCUT2D eigenvalue weighted by Gasteiger charge is -2.06. The molecule has 0 saturated carbocycles. The van der Waals surface area contributed by atoms with Crippen LogP contribution in [0.1, 0.15) is 17.3 Å². The molecule has 0 radical (unpaired) electrons. The molecule has 2 amide bonds. The lowest BCUT2D eigenvalue weighted by atomic mass is 10.2. The zero-order valence-corrected chi connectivity index (χ0v) is 10.2. The fourth-order valence-corrected chi connectivity index (χ4v) is 1.26. The summed E-state index contributed by atoms with van der Waals surface area (Å²) >= 11 is 0. The summed E-state index contributed by atoms with van der Waals surface area (Å²) in [5, 5.41) is 5.20. The van der Waals surface area contributed by atoms with Gasteiger partial charge in [0, 0.05) is 17.8 Å². The van der Waals surface area contributed by atoms with Gasteiger partial charge in [-0.25, -0.2) is 4.79 Å². The van der Waals surface area contributed by atoms with Gasteiger partial charge in [-0.1, -0.05) is 6.08 Å². The topological polar surface area (TPSA) is 67.4 Å². The van der Waals surface area contributed by atoms with Gasteiger partial charge in [-0.05, 0) is 31.2 Å². The maximum absolute atomic E-state index is 11.6. The van der Waals surface area contributed by atoms with Crippen molar-refractivity contribution in [1.82, 2.24) is 5.32 Å². The molecule has 1 aromatic carbocycles. The van der Waals surface area contributed by atoms with Gasteiger partial charge in [0.1, 0.15) is 0 Å². The largest absolute Gasteiger partial charge is 0.450 e. The average molecular weight is 248 g/mol. The van der Waals surface area contributed by atoms with Crippen LogP contribution in [0.25, 0.3) is 0 Å². The van der Waals surface area contributed by atoms with E-state index in [9.17, 15) is 9.59 Å². The highest BCUT2D eigenvalue weighted by molar-refractivity contribution is 5.95. The number of rotatable bonds is 5. The van der Waals surface area contributed by atoms with Crippen LogP contribution in [0, 0.1) is 0 Å². The first-order chi connectivity index (χ1) is 8.67. The predicted octanol–water partition coefficient (Wildman–Crippen LogP) is 2.17. The Kier molecular flexibility index (Phi) is 5.44. The molecular formula is C13H16N2O3. The molecule has 96 valence electrons. The molecule has 0 fully saturated rings. The highest BCUT2D eigenvalue weighted by Gasteiger charge is 2.05. The van der Waals surface area contributed by atoms with Crippen LogP contribution >= 0.6 is 0 Å². The van der Waals surface area contributed by atoms with E-state index >= 15 is 0 Å². The van der Waals surface area contributed by atoms with E-state index < -0.39 is 6.09 Å². The van der Waals surface area contributed by atoms with Gasteiger partial charge in [0.2, 0.25) is 0 Å². The number of hydrogen-bond acceptors (Lipinski definition) is 3. The molecule has 5 nitrogen and oxygen atoms in total. The molecule has 0 aliphatic heterocycles. The third-order valence-corrected chi connectivity index (χ3v) is 2.08. The van der Waals surface area contributed by atoms with E-state index in [-0.39, 0.29) is 5.91 Å². The van der Waals surface area contributed by atoms with Crippen molar-refractivity contribution in [3.63, 3.8) is 0 Å². The number of benzene rings is 1. The van der Waals surface area contributed by atoms with E-state index in [1.165, 1.54) is 0 Å². The number of carbonyl (C=O) groups is 2. The van der Waals surface area contributed by atoms with Crippen molar-refractivity contribution in [3.8, 4) is 0 Å². The van der Waals surface area contributed by atoms with E-state index in [1.54, 1.807) is 37.3 Å². The Morgan fingerprint density at radius 1 is 1.33 bits per heavy atom. The molecule has 0 aliphatic rings. The smallest absolute Gasteiger partial charge is 0.411 e. The molecule has 0 bridgehead atoms. The van der Waals surface area contributed by atoms with E-state index in [0.717, 1.165) is 0 Å². The molecule has 0 aromatic heterocycles. The van der Waals surface area contributed by atoms with Crippen LogP contribution in [0.5, 0.6) is 0 Å². The highest BCUT2D eigenvalue weighted by atomic mass is 16.5. The maximum atomic E-state index is 11.6. The minimum absolute atomic E-state index is 0.183. The van der Waals surface area contributed by atoms with Gasteiger partial charge in [-0.15, -0.1) is 6.58 Å². The minimum Gasteiger partial charge on any atom is -0.450 e. The lowest BCUT2D eigenvalue weighted by molar-refractivity contribution is 0.0958. The van der Waals surface area contributed by atoms with Gasteiger partial charge < -0.3 is 10.1 Å². The third kappa shape index (κ3) is 4.29. The van der Waals surface area contributed by atoms with Gasteiger partial charge in [0.25, 0.3) is 5.91 Å². The van der Waals surface area contributed by atoms with Crippen LogP contribution in [-0.2, 0) is 4.74 Å². The van der Waals surface area contributed by atoms with Crippen LogP contribution in [0.4, 0.5) is 10.5 Å². The van der Waals surface area contributed by atoms with Crippen LogP contribution in [0.2, 0.25) is 0 Å². The standard InChI is InChI=1S/C13H16N2O3/c1-3-9-14-12(16)10-5-7-11(8-6-10)15-13(17)18-4-2/h3,5-8H,1,4,9H2,2H3,(H,14,16)(H,15,17). The molecule has 1 rings (SSSR count). The SMILES string of the molecule is C=CCNC(=O)c1ccc(NC(=O)OCC)cc1. The molecule has 0 spiro atoms. The van der Waals surface area contributed by atoms with Gasteiger partial charge in [0.05, 0.1) is 6.61 Å². The fourth-order valence-electron chi connectivity index (χ4n) is 1.26. The number of anilines is 1. The monoisotopic (exact) mass is 248 g/mol. The Morgan fingerprint density at radius 2 is 2.00 bits per heavy atom. The number of ether oxygens (including phenoxy) is 1. The summed E-state index contributed by atoms with van der Waals surface area (Å²) in [5.74, 6) is -0.183. The molecule has 0 unspecified atom stereocenters. The highest BCUT2D eigenvalue weighted by Crippen LogP contribution is 2.09. The maximum Gasteiger partial charge on any atom is 0.411 e. The fraction of sp³-hybridized carbons (Fsp3) is 0.231. The average Bonchev–Trinajstić information content (AvgIpc) is 2.37. The summed E-state index contributed by atoms with van der Waals surface area (Å²) in [6.45, 7) is 5.97. The molecule has 18 heavy (non-hydrogen) atoms. The van der Waals surface area contributed by atoms with Crippen molar-refractivity contribution < 1.29 is 14.3 Å². The first-order valence-corrected chi connectivity index (χ1v) is 5.60. The molecule has 0 heterocycles. The Labute approximate surface area is 106 Å². The van der Waals surface area contributed by atoms with Crippen LogP contribution < -0.4 is 10.6 Å². The van der Waals surface area contributed by atoms with Crippen LogP contribution in [0.15, 0.2) is 36.9 Å². The summed E-state index contributed by atoms with van der Waals surface area (Å²) < 4.78 is 4.74. The first-order valence-electron chi connectivity index (χ1n) is 5.60. The third-order valence-electron chi connectivity index (χ3n) is 2.08. The van der Waals surface area contributed by atoms with Gasteiger partial charge in [0.15, 0.2) is 0 Å². The molecule has 2 N–H and O–H groups in total. The Morgan fingerprint density at radius 3 is 2.56 bits per heavy atom. The van der Waals surface area contributed by atoms with Crippen molar-refractivity contribution in [1.29, 1.82) is 0 Å². The van der Waals surface area contributed by atoms with Crippen molar-refractivity contribution >= 4 is 17.7 Å². The predicted molar refractivity (Wildman–Crippen MR) is 69.6 cm³/mol. The second kappa shape index (κ2) is 7.11. The normalized spacial score (nSPS) is 9.39. The Balaban J connectivity index is 2.59. The second-order valence-electron chi connectivity index (χ2n) is 3.42. The van der Waals surface area contributed by atoms with Crippen LogP contribution in [0.3, 0.4) is 0 Å². The quantitative estimate of drug-likeness (QED) is 0.785. The Bertz CT molecular complexity index is 426. The zero-order valence-electron chi connectivity index (χ0n) is 10.2. The van der Waals surface area contributed by atoms with Gasteiger partial charge >= 0.3 is 6.09 Å². The van der Waals surface area contributed by atoms with E-state index in [1.807, 2.05) is 0 Å². The summed E-state index contributed by atoms with van der Waals surface area (Å²) in [6.07, 6.45) is 1.09. The molecule has 5 heteroatoms. The Hall–Kier alpha value is -2.30. The number of amides is 2. The second-order valence-corrected chi connectivity index (χ2v) is 3.42. The number of hydrogen-bond donors (Lipinski definition) is 2. The lowest BCUT2D eigenvalue weighted by Crippen LogP contribution is -2.23.